The van der Waals surface area contributed by atoms with E-state index in [1.54, 1.807) is 11.3 Å². The molecule has 1 saturated heterocycles. The van der Waals surface area contributed by atoms with Gasteiger partial charge in [-0.15, -0.1) is 11.3 Å². The van der Waals surface area contributed by atoms with E-state index < -0.39 is 0 Å². The lowest BCUT2D eigenvalue weighted by Crippen LogP contribution is -2.52. The zero-order chi connectivity index (χ0) is 18.4. The molecular weight excluding hydrogens is 342 g/mol. The van der Waals surface area contributed by atoms with E-state index in [1.807, 2.05) is 0 Å². The highest BCUT2D eigenvalue weighted by atomic mass is 32.1. The lowest BCUT2D eigenvalue weighted by atomic mass is 10.2. The van der Waals surface area contributed by atoms with Crippen molar-refractivity contribution in [1.82, 2.24) is 20.1 Å². The average Bonchev–Trinajstić information content (AvgIpc) is 2.98. The first-order valence-electron chi connectivity index (χ1n) is 9.38. The molecule has 1 aromatic heterocycles. The SMILES string of the molecule is CCNC(=NCc1nc(C)c(C)s1)N1CCN(Cc2ccccc2)CC1. The van der Waals surface area contributed by atoms with Crippen LogP contribution in [0.4, 0.5) is 0 Å². The fourth-order valence-corrected chi connectivity index (χ4v) is 3.99. The minimum Gasteiger partial charge on any atom is -0.357 e. The van der Waals surface area contributed by atoms with Crippen molar-refractivity contribution in [3.8, 4) is 0 Å². The van der Waals surface area contributed by atoms with E-state index in [2.05, 4.69) is 71.2 Å². The minimum atomic E-state index is 0.659. The Kier molecular flexibility index (Phi) is 6.63. The fourth-order valence-electron chi connectivity index (χ4n) is 3.13. The van der Waals surface area contributed by atoms with Crippen LogP contribution in [-0.2, 0) is 13.1 Å². The van der Waals surface area contributed by atoms with Gasteiger partial charge in [-0.2, -0.15) is 0 Å². The normalized spacial score (nSPS) is 16.1. The van der Waals surface area contributed by atoms with Crippen LogP contribution in [0.5, 0.6) is 0 Å². The van der Waals surface area contributed by atoms with E-state index in [0.29, 0.717) is 6.54 Å². The summed E-state index contributed by atoms with van der Waals surface area (Å²) in [5.41, 5.74) is 2.51. The van der Waals surface area contributed by atoms with E-state index in [-0.39, 0.29) is 0 Å². The van der Waals surface area contributed by atoms with Gasteiger partial charge < -0.3 is 10.2 Å². The predicted octanol–water partition coefficient (Wildman–Crippen LogP) is 3.04. The maximum Gasteiger partial charge on any atom is 0.194 e. The summed E-state index contributed by atoms with van der Waals surface area (Å²) in [6.45, 7) is 13.0. The second-order valence-corrected chi connectivity index (χ2v) is 7.96. The van der Waals surface area contributed by atoms with Gasteiger partial charge in [-0.05, 0) is 26.3 Å². The van der Waals surface area contributed by atoms with Crippen LogP contribution in [-0.4, -0.2) is 53.5 Å². The molecule has 26 heavy (non-hydrogen) atoms. The van der Waals surface area contributed by atoms with Gasteiger partial charge in [0.15, 0.2) is 5.96 Å². The standard InChI is InChI=1S/C20H29N5S/c1-4-21-20(22-14-19-23-16(2)17(3)26-19)25-12-10-24(11-13-25)15-18-8-6-5-7-9-18/h5-9H,4,10-15H2,1-3H3,(H,21,22). The summed E-state index contributed by atoms with van der Waals surface area (Å²) >= 11 is 1.75. The fraction of sp³-hybridized carbons (Fsp3) is 0.500. The first kappa shape index (κ1) is 18.9. The number of nitrogens with zero attached hydrogens (tertiary/aromatic N) is 4. The summed E-state index contributed by atoms with van der Waals surface area (Å²) in [5.74, 6) is 1.01. The van der Waals surface area contributed by atoms with Gasteiger partial charge in [0, 0.05) is 44.1 Å². The average molecular weight is 372 g/mol. The summed E-state index contributed by atoms with van der Waals surface area (Å²) < 4.78 is 0. The molecule has 1 N–H and O–H groups in total. The molecule has 1 aromatic carbocycles. The topological polar surface area (TPSA) is 43.8 Å². The number of hydrogen-bond donors (Lipinski definition) is 1. The Labute approximate surface area is 160 Å². The number of aromatic nitrogens is 1. The van der Waals surface area contributed by atoms with Crippen molar-refractivity contribution in [2.75, 3.05) is 32.7 Å². The molecule has 0 spiro atoms. The molecule has 1 aliphatic rings. The van der Waals surface area contributed by atoms with E-state index in [0.717, 1.165) is 55.9 Å². The Morgan fingerprint density at radius 3 is 2.50 bits per heavy atom. The third-order valence-electron chi connectivity index (χ3n) is 4.69. The van der Waals surface area contributed by atoms with E-state index in [9.17, 15) is 0 Å². The Balaban J connectivity index is 1.56. The summed E-state index contributed by atoms with van der Waals surface area (Å²) in [4.78, 5) is 15.6. The molecule has 0 bridgehead atoms. The van der Waals surface area contributed by atoms with Gasteiger partial charge in [0.1, 0.15) is 5.01 Å². The molecule has 0 atom stereocenters. The summed E-state index contributed by atoms with van der Waals surface area (Å²) in [6.07, 6.45) is 0. The van der Waals surface area contributed by atoms with Gasteiger partial charge in [0.25, 0.3) is 0 Å². The first-order chi connectivity index (χ1) is 12.7. The van der Waals surface area contributed by atoms with Crippen LogP contribution in [0, 0.1) is 13.8 Å². The third kappa shape index (κ3) is 5.05. The van der Waals surface area contributed by atoms with Crippen molar-refractivity contribution in [3.05, 3.63) is 51.5 Å². The minimum absolute atomic E-state index is 0.659. The van der Waals surface area contributed by atoms with Crippen LogP contribution in [0.2, 0.25) is 0 Å². The zero-order valence-electron chi connectivity index (χ0n) is 16.0. The molecule has 0 aliphatic carbocycles. The number of piperazine rings is 1. The zero-order valence-corrected chi connectivity index (χ0v) is 16.9. The van der Waals surface area contributed by atoms with Gasteiger partial charge >= 0.3 is 0 Å². The molecular formula is C20H29N5S. The number of thiazole rings is 1. The Bertz CT molecular complexity index is 698. The molecule has 0 radical (unpaired) electrons. The quantitative estimate of drug-likeness (QED) is 0.648. The van der Waals surface area contributed by atoms with Crippen LogP contribution >= 0.6 is 11.3 Å². The summed E-state index contributed by atoms with van der Waals surface area (Å²) in [7, 11) is 0. The maximum atomic E-state index is 4.83. The van der Waals surface area contributed by atoms with Crippen LogP contribution in [0.1, 0.15) is 28.1 Å². The van der Waals surface area contributed by atoms with Crippen molar-refractivity contribution in [2.24, 2.45) is 4.99 Å². The number of rotatable bonds is 5. The van der Waals surface area contributed by atoms with Gasteiger partial charge in [-0.1, -0.05) is 30.3 Å². The Morgan fingerprint density at radius 1 is 1.15 bits per heavy atom. The lowest BCUT2D eigenvalue weighted by molar-refractivity contribution is 0.172. The van der Waals surface area contributed by atoms with Crippen molar-refractivity contribution in [2.45, 2.75) is 33.9 Å². The van der Waals surface area contributed by atoms with Gasteiger partial charge in [-0.3, -0.25) is 4.90 Å². The number of guanidine groups is 1. The van der Waals surface area contributed by atoms with Crippen LogP contribution in [0.25, 0.3) is 0 Å². The monoisotopic (exact) mass is 371 g/mol. The van der Waals surface area contributed by atoms with Gasteiger partial charge in [0.05, 0.1) is 12.2 Å². The molecule has 0 amide bonds. The molecule has 5 nitrogen and oxygen atoms in total. The number of nitrogens with one attached hydrogen (secondary N) is 1. The van der Waals surface area contributed by atoms with Crippen molar-refractivity contribution >= 4 is 17.3 Å². The van der Waals surface area contributed by atoms with E-state index >= 15 is 0 Å². The second kappa shape index (κ2) is 9.14. The Hall–Kier alpha value is -1.92. The van der Waals surface area contributed by atoms with Crippen molar-refractivity contribution in [3.63, 3.8) is 0 Å². The highest BCUT2D eigenvalue weighted by molar-refractivity contribution is 7.11. The summed E-state index contributed by atoms with van der Waals surface area (Å²) in [6, 6.07) is 10.7. The van der Waals surface area contributed by atoms with Crippen LogP contribution in [0.3, 0.4) is 0 Å². The first-order valence-corrected chi connectivity index (χ1v) is 10.2. The van der Waals surface area contributed by atoms with Crippen molar-refractivity contribution in [1.29, 1.82) is 0 Å². The van der Waals surface area contributed by atoms with E-state index in [1.165, 1.54) is 10.4 Å². The van der Waals surface area contributed by atoms with Crippen LogP contribution in [0.15, 0.2) is 35.3 Å². The number of aliphatic imine (C=N–C) groups is 1. The largest absolute Gasteiger partial charge is 0.357 e. The second-order valence-electron chi connectivity index (χ2n) is 6.67. The molecule has 2 heterocycles. The molecule has 0 saturated carbocycles. The number of benzene rings is 1. The summed E-state index contributed by atoms with van der Waals surface area (Å²) in [5, 5.41) is 4.54. The predicted molar refractivity (Wildman–Crippen MR) is 110 cm³/mol. The maximum absolute atomic E-state index is 4.83. The molecule has 6 heteroatoms. The molecule has 140 valence electrons. The molecule has 2 aromatic rings. The van der Waals surface area contributed by atoms with Gasteiger partial charge in [0.2, 0.25) is 0 Å². The molecule has 0 unspecified atom stereocenters. The van der Waals surface area contributed by atoms with Gasteiger partial charge in [-0.25, -0.2) is 9.98 Å². The molecule has 3 rings (SSSR count). The highest BCUT2D eigenvalue weighted by Crippen LogP contribution is 2.17. The van der Waals surface area contributed by atoms with E-state index in [4.69, 9.17) is 4.99 Å². The van der Waals surface area contributed by atoms with Crippen LogP contribution < -0.4 is 5.32 Å². The lowest BCUT2D eigenvalue weighted by Gasteiger charge is -2.36. The smallest absolute Gasteiger partial charge is 0.194 e. The molecule has 1 fully saturated rings. The third-order valence-corrected chi connectivity index (χ3v) is 5.75. The Morgan fingerprint density at radius 2 is 1.88 bits per heavy atom. The number of aryl methyl sites for hydroxylation is 2. The number of hydrogen-bond acceptors (Lipinski definition) is 4. The molecule has 1 aliphatic heterocycles. The van der Waals surface area contributed by atoms with Crippen molar-refractivity contribution < 1.29 is 0 Å². The highest BCUT2D eigenvalue weighted by Gasteiger charge is 2.19.